The number of rotatable bonds is 10. The van der Waals surface area contributed by atoms with Crippen molar-refractivity contribution in [3.63, 3.8) is 0 Å². The van der Waals surface area contributed by atoms with Crippen LogP contribution < -0.4 is 11.1 Å². The van der Waals surface area contributed by atoms with Crippen LogP contribution in [0.25, 0.3) is 10.4 Å². The Morgan fingerprint density at radius 2 is 1.88 bits per heavy atom. The topological polar surface area (TPSA) is 94.3 Å². The number of carbonyl (C=O) groups excluding carboxylic acids is 1. The van der Waals surface area contributed by atoms with Crippen LogP contribution in [-0.4, -0.2) is 17.5 Å². The van der Waals surface area contributed by atoms with Gasteiger partial charge in [-0.05, 0) is 77.2 Å². The van der Waals surface area contributed by atoms with Crippen molar-refractivity contribution in [3.8, 4) is 10.4 Å². The average Bonchev–Trinajstić information content (AvgIpc) is 3.40. The number of nitrogen functional groups attached to an aromatic ring is 1. The Morgan fingerprint density at radius 1 is 1.06 bits per heavy atom. The summed E-state index contributed by atoms with van der Waals surface area (Å²) in [5.41, 5.74) is 11.0. The summed E-state index contributed by atoms with van der Waals surface area (Å²) >= 11 is 1.64. The molecule has 0 aliphatic heterocycles. The van der Waals surface area contributed by atoms with E-state index in [1.165, 1.54) is 0 Å². The van der Waals surface area contributed by atoms with E-state index in [0.717, 1.165) is 34.4 Å². The molecule has 2 aromatic carbocycles. The molecule has 0 bridgehead atoms. The lowest BCUT2D eigenvalue weighted by Crippen LogP contribution is -2.15. The minimum Gasteiger partial charge on any atom is -0.397 e. The fraction of sp³-hybridized carbons (Fsp3) is 0.154. The third-order valence-electron chi connectivity index (χ3n) is 5.49. The molecule has 0 saturated carbocycles. The Balaban J connectivity index is 1.43. The van der Waals surface area contributed by atoms with Crippen LogP contribution in [0.3, 0.4) is 0 Å². The van der Waals surface area contributed by atoms with Crippen LogP contribution >= 0.6 is 20.0 Å². The molecule has 2 heterocycles. The largest absolute Gasteiger partial charge is 0.397 e. The van der Waals surface area contributed by atoms with Crippen molar-refractivity contribution < 1.29 is 13.9 Å². The van der Waals surface area contributed by atoms with Gasteiger partial charge in [0, 0.05) is 22.8 Å². The fourth-order valence-corrected chi connectivity index (χ4v) is 4.87. The summed E-state index contributed by atoms with van der Waals surface area (Å²) in [4.78, 5) is 18.1. The molecule has 0 spiro atoms. The Labute approximate surface area is 204 Å². The monoisotopic (exact) mass is 491 g/mol. The van der Waals surface area contributed by atoms with Gasteiger partial charge in [0.1, 0.15) is 0 Å². The second-order valence-electron chi connectivity index (χ2n) is 8.00. The van der Waals surface area contributed by atoms with Gasteiger partial charge in [0.2, 0.25) is 0 Å². The van der Waals surface area contributed by atoms with Gasteiger partial charge in [-0.3, -0.25) is 14.3 Å². The van der Waals surface area contributed by atoms with Crippen molar-refractivity contribution in [2.24, 2.45) is 5.92 Å². The van der Waals surface area contributed by atoms with Crippen molar-refractivity contribution in [1.29, 1.82) is 0 Å². The third-order valence-corrected chi connectivity index (χ3v) is 6.74. The van der Waals surface area contributed by atoms with Crippen molar-refractivity contribution in [2.45, 2.75) is 12.8 Å². The first-order chi connectivity index (χ1) is 16.6. The first kappa shape index (κ1) is 23.9. The van der Waals surface area contributed by atoms with E-state index in [2.05, 4.69) is 10.3 Å². The number of hydrogen-bond acceptors (Lipinski definition) is 6. The molecule has 4 aromatic rings. The van der Waals surface area contributed by atoms with Crippen LogP contribution in [-0.2, 0) is 21.9 Å². The highest BCUT2D eigenvalue weighted by Crippen LogP contribution is 2.30. The average molecular weight is 492 g/mol. The quantitative estimate of drug-likeness (QED) is 0.218. The van der Waals surface area contributed by atoms with Crippen LogP contribution in [0.2, 0.25) is 0 Å². The van der Waals surface area contributed by atoms with Gasteiger partial charge in [-0.25, -0.2) is 0 Å². The van der Waals surface area contributed by atoms with Gasteiger partial charge < -0.3 is 15.6 Å². The molecule has 174 valence electrons. The van der Waals surface area contributed by atoms with Crippen molar-refractivity contribution >= 4 is 37.3 Å². The van der Waals surface area contributed by atoms with Gasteiger partial charge in [0.05, 0.1) is 18.0 Å². The first-order valence-corrected chi connectivity index (χ1v) is 12.7. The van der Waals surface area contributed by atoms with E-state index in [1.54, 1.807) is 17.5 Å². The molecule has 0 aliphatic rings. The predicted molar refractivity (Wildman–Crippen MR) is 140 cm³/mol. The SMILES string of the molecule is Nc1ccc(-c2cccs2)cc1NC(=O)c1ccc(CC(CO[PH2]=O)Cc2cccnc2)cc1. The zero-order chi connectivity index (χ0) is 23.8. The first-order valence-electron chi connectivity index (χ1n) is 10.9. The molecule has 2 unspecified atom stereocenters. The third kappa shape index (κ3) is 6.41. The summed E-state index contributed by atoms with van der Waals surface area (Å²) in [6.07, 6.45) is 5.09. The predicted octanol–water partition coefficient (Wildman–Crippen LogP) is 5.73. The summed E-state index contributed by atoms with van der Waals surface area (Å²) in [5, 5.41) is 4.95. The zero-order valence-electron chi connectivity index (χ0n) is 18.5. The van der Waals surface area contributed by atoms with E-state index in [1.807, 2.05) is 78.3 Å². The molecule has 6 nitrogen and oxygen atoms in total. The number of thiophene rings is 1. The van der Waals surface area contributed by atoms with E-state index in [0.29, 0.717) is 23.5 Å². The molecule has 2 aromatic heterocycles. The highest BCUT2D eigenvalue weighted by molar-refractivity contribution is 7.17. The second kappa shape index (κ2) is 11.7. The minimum absolute atomic E-state index is 0.158. The van der Waals surface area contributed by atoms with E-state index in [-0.39, 0.29) is 11.8 Å². The van der Waals surface area contributed by atoms with Gasteiger partial charge >= 0.3 is 0 Å². The fourth-order valence-electron chi connectivity index (χ4n) is 3.80. The van der Waals surface area contributed by atoms with Crippen LogP contribution in [0.5, 0.6) is 0 Å². The second-order valence-corrected chi connectivity index (χ2v) is 9.47. The maximum atomic E-state index is 12.9. The molecule has 1 amide bonds. The van der Waals surface area contributed by atoms with Gasteiger partial charge in [-0.2, -0.15) is 0 Å². The number of nitrogens with two attached hydrogens (primary N) is 1. The van der Waals surface area contributed by atoms with Crippen LogP contribution in [0, 0.1) is 5.92 Å². The van der Waals surface area contributed by atoms with Gasteiger partial charge in [-0.15, -0.1) is 11.3 Å². The summed E-state index contributed by atoms with van der Waals surface area (Å²) in [7, 11) is -1.24. The molecule has 2 atom stereocenters. The number of nitrogens with one attached hydrogen (secondary N) is 1. The zero-order valence-corrected chi connectivity index (χ0v) is 20.5. The molecule has 0 radical (unpaired) electrons. The van der Waals surface area contributed by atoms with E-state index in [4.69, 9.17) is 10.3 Å². The van der Waals surface area contributed by atoms with Crippen LogP contribution in [0.4, 0.5) is 11.4 Å². The number of nitrogens with zero attached hydrogens (tertiary/aromatic N) is 1. The molecule has 0 saturated heterocycles. The van der Waals surface area contributed by atoms with Crippen LogP contribution in [0.1, 0.15) is 21.5 Å². The normalized spacial score (nSPS) is 12.1. The molecule has 4 rings (SSSR count). The Kier molecular flexibility index (Phi) is 8.26. The number of pyridine rings is 1. The maximum absolute atomic E-state index is 12.9. The molecule has 0 fully saturated rings. The Hall–Kier alpha value is -3.25. The number of hydrogen-bond donors (Lipinski definition) is 2. The summed E-state index contributed by atoms with van der Waals surface area (Å²) in [5.74, 6) is -0.0584. The highest BCUT2D eigenvalue weighted by atomic mass is 32.1. The highest BCUT2D eigenvalue weighted by Gasteiger charge is 2.14. The molecule has 8 heteroatoms. The van der Waals surface area contributed by atoms with Crippen LogP contribution in [0.15, 0.2) is 84.5 Å². The summed E-state index contributed by atoms with van der Waals surface area (Å²) in [6, 6.07) is 21.1. The van der Waals surface area contributed by atoms with E-state index in [9.17, 15) is 9.36 Å². The smallest absolute Gasteiger partial charge is 0.255 e. The van der Waals surface area contributed by atoms with Crippen molar-refractivity contribution in [2.75, 3.05) is 17.7 Å². The van der Waals surface area contributed by atoms with E-state index >= 15 is 0 Å². The lowest BCUT2D eigenvalue weighted by Gasteiger charge is -2.16. The maximum Gasteiger partial charge on any atom is 0.255 e. The summed E-state index contributed by atoms with van der Waals surface area (Å²) < 4.78 is 16.2. The van der Waals surface area contributed by atoms with E-state index < -0.39 is 8.69 Å². The molecular formula is C26H26N3O3PS. The molecule has 34 heavy (non-hydrogen) atoms. The molecule has 3 N–H and O–H groups in total. The Bertz CT molecular complexity index is 1230. The lowest BCUT2D eigenvalue weighted by molar-refractivity contribution is 0.102. The standard InChI is InChI=1S/C26H26N3O3PS/c27-23-10-9-22(25-4-2-12-34-25)15-24(23)29-26(30)21-7-5-18(6-8-21)13-20(17-32-33-31)14-19-3-1-11-28-16-19/h1-12,15-16,20H,13-14,17,27,33H2,(H,29,30). The van der Waals surface area contributed by atoms with Gasteiger partial charge in [0.25, 0.3) is 5.91 Å². The number of aromatic nitrogens is 1. The van der Waals surface area contributed by atoms with Gasteiger partial charge in [-0.1, -0.05) is 30.3 Å². The van der Waals surface area contributed by atoms with Crippen molar-refractivity contribution in [3.05, 3.63) is 101 Å². The lowest BCUT2D eigenvalue weighted by atomic mass is 9.93. The number of carbonyl (C=O) groups is 1. The Morgan fingerprint density at radius 3 is 2.59 bits per heavy atom. The van der Waals surface area contributed by atoms with Crippen molar-refractivity contribution in [1.82, 2.24) is 4.98 Å². The number of anilines is 2. The molecule has 0 aliphatic carbocycles. The molecular weight excluding hydrogens is 465 g/mol. The number of benzene rings is 2. The number of amides is 1. The minimum atomic E-state index is -1.24. The summed E-state index contributed by atoms with van der Waals surface area (Å²) in [6.45, 7) is 0.413. The van der Waals surface area contributed by atoms with Gasteiger partial charge in [0.15, 0.2) is 8.69 Å².